The highest BCUT2D eigenvalue weighted by Gasteiger charge is 2.14. The Kier molecular flexibility index (Phi) is 5.21. The average Bonchev–Trinajstić information content (AvgIpc) is 3.07. The summed E-state index contributed by atoms with van der Waals surface area (Å²) >= 11 is 0. The van der Waals surface area contributed by atoms with E-state index in [2.05, 4.69) is 0 Å². The number of ether oxygens (including phenoxy) is 4. The van der Waals surface area contributed by atoms with Gasteiger partial charge in [0.1, 0.15) is 12.4 Å². The molecule has 0 saturated heterocycles. The van der Waals surface area contributed by atoms with E-state index in [9.17, 15) is 4.79 Å². The monoisotopic (exact) mass is 328 g/mol. The molecule has 0 N–H and O–H groups in total. The van der Waals surface area contributed by atoms with Crippen LogP contribution in [0.1, 0.15) is 24.5 Å². The van der Waals surface area contributed by atoms with Crippen molar-refractivity contribution in [2.45, 2.75) is 26.4 Å². The zero-order chi connectivity index (χ0) is 16.8. The molecule has 3 rings (SSSR count). The Morgan fingerprint density at radius 3 is 2.83 bits per heavy atom. The maximum atomic E-state index is 12.0. The molecule has 126 valence electrons. The first-order chi connectivity index (χ1) is 11.8. The van der Waals surface area contributed by atoms with Crippen molar-refractivity contribution in [2.24, 2.45) is 0 Å². The molecule has 24 heavy (non-hydrogen) atoms. The zero-order valence-corrected chi connectivity index (χ0v) is 13.6. The fourth-order valence-corrected chi connectivity index (χ4v) is 2.51. The molecule has 0 spiro atoms. The minimum Gasteiger partial charge on any atom is -0.494 e. The van der Waals surface area contributed by atoms with Crippen LogP contribution in [0.4, 0.5) is 0 Å². The molecule has 0 radical (unpaired) electrons. The fourth-order valence-electron chi connectivity index (χ4n) is 2.51. The summed E-state index contributed by atoms with van der Waals surface area (Å²) in [4.78, 5) is 12.0. The number of aryl methyl sites for hydroxylation is 1. The van der Waals surface area contributed by atoms with Crippen molar-refractivity contribution in [3.8, 4) is 17.2 Å². The van der Waals surface area contributed by atoms with E-state index in [0.29, 0.717) is 25.2 Å². The number of carbonyl (C=O) groups is 1. The molecule has 1 heterocycles. The fraction of sp³-hybridized carbons (Fsp3) is 0.316. The first-order valence-electron chi connectivity index (χ1n) is 8.01. The Morgan fingerprint density at radius 1 is 1.12 bits per heavy atom. The molecule has 1 aliphatic heterocycles. The van der Waals surface area contributed by atoms with E-state index in [1.54, 1.807) is 0 Å². The molecule has 0 unspecified atom stereocenters. The number of carbonyl (C=O) groups excluding carboxylic acids is 1. The summed E-state index contributed by atoms with van der Waals surface area (Å²) in [5.41, 5.74) is 1.89. The number of para-hydroxylation sites is 1. The maximum Gasteiger partial charge on any atom is 0.306 e. The molecule has 0 amide bonds. The number of esters is 1. The zero-order valence-electron chi connectivity index (χ0n) is 13.6. The van der Waals surface area contributed by atoms with Gasteiger partial charge in [-0.25, -0.2) is 0 Å². The lowest BCUT2D eigenvalue weighted by atomic mass is 10.1. The quantitative estimate of drug-likeness (QED) is 0.728. The molecule has 0 bridgehead atoms. The van der Waals surface area contributed by atoms with Crippen molar-refractivity contribution in [1.82, 2.24) is 0 Å². The van der Waals surface area contributed by atoms with Crippen molar-refractivity contribution >= 4 is 5.97 Å². The van der Waals surface area contributed by atoms with Gasteiger partial charge in [0.2, 0.25) is 6.79 Å². The van der Waals surface area contributed by atoms with E-state index in [1.165, 1.54) is 0 Å². The van der Waals surface area contributed by atoms with E-state index < -0.39 is 0 Å². The molecule has 5 nitrogen and oxygen atoms in total. The van der Waals surface area contributed by atoms with Crippen LogP contribution in [-0.4, -0.2) is 19.4 Å². The SMILES string of the molecule is CCOc1ccccc1CCC(=O)OCc1ccc2c(c1)OCO2. The number of rotatable bonds is 7. The first-order valence-corrected chi connectivity index (χ1v) is 8.01. The summed E-state index contributed by atoms with van der Waals surface area (Å²) in [5.74, 6) is 1.99. The highest BCUT2D eigenvalue weighted by Crippen LogP contribution is 2.32. The molecular formula is C19H20O5. The van der Waals surface area contributed by atoms with Gasteiger partial charge in [0.15, 0.2) is 11.5 Å². The highest BCUT2D eigenvalue weighted by atomic mass is 16.7. The lowest BCUT2D eigenvalue weighted by Gasteiger charge is -2.10. The van der Waals surface area contributed by atoms with Crippen LogP contribution >= 0.6 is 0 Å². The summed E-state index contributed by atoms with van der Waals surface area (Å²) < 4.78 is 21.5. The maximum absolute atomic E-state index is 12.0. The van der Waals surface area contributed by atoms with Crippen LogP contribution in [0, 0.1) is 0 Å². The predicted octanol–water partition coefficient (Wildman–Crippen LogP) is 3.49. The largest absolute Gasteiger partial charge is 0.494 e. The number of benzene rings is 2. The van der Waals surface area contributed by atoms with E-state index in [4.69, 9.17) is 18.9 Å². The van der Waals surface area contributed by atoms with E-state index in [0.717, 1.165) is 22.6 Å². The van der Waals surface area contributed by atoms with Crippen LogP contribution in [0.2, 0.25) is 0 Å². The highest BCUT2D eigenvalue weighted by molar-refractivity contribution is 5.70. The third kappa shape index (κ3) is 3.98. The molecule has 1 aliphatic rings. The standard InChI is InChI=1S/C19H20O5/c1-2-21-16-6-4-3-5-15(16)8-10-19(20)22-12-14-7-9-17-18(11-14)24-13-23-17/h3-7,9,11H,2,8,10,12-13H2,1H3. The summed E-state index contributed by atoms with van der Waals surface area (Å²) in [7, 11) is 0. The molecular weight excluding hydrogens is 308 g/mol. The number of hydrogen-bond acceptors (Lipinski definition) is 5. The summed E-state index contributed by atoms with van der Waals surface area (Å²) in [6.45, 7) is 3.00. The van der Waals surface area contributed by atoms with Gasteiger partial charge in [-0.15, -0.1) is 0 Å². The van der Waals surface area contributed by atoms with Gasteiger partial charge >= 0.3 is 5.97 Å². The third-order valence-corrected chi connectivity index (χ3v) is 3.71. The Bertz CT molecular complexity index is 711. The summed E-state index contributed by atoms with van der Waals surface area (Å²) in [6, 6.07) is 13.3. The van der Waals surface area contributed by atoms with E-state index in [-0.39, 0.29) is 19.4 Å². The van der Waals surface area contributed by atoms with Crippen molar-refractivity contribution in [2.75, 3.05) is 13.4 Å². The van der Waals surface area contributed by atoms with Gasteiger partial charge < -0.3 is 18.9 Å². The Balaban J connectivity index is 1.49. The minimum atomic E-state index is -0.237. The van der Waals surface area contributed by atoms with E-state index in [1.807, 2.05) is 49.4 Å². The normalized spacial score (nSPS) is 12.0. The lowest BCUT2D eigenvalue weighted by Crippen LogP contribution is -2.07. The molecule has 0 saturated carbocycles. The van der Waals surface area contributed by atoms with Gasteiger partial charge in [0.25, 0.3) is 0 Å². The molecule has 2 aromatic carbocycles. The number of fused-ring (bicyclic) bond motifs is 1. The topological polar surface area (TPSA) is 54.0 Å². The van der Waals surface area contributed by atoms with Crippen molar-refractivity contribution in [3.63, 3.8) is 0 Å². The summed E-state index contributed by atoms with van der Waals surface area (Å²) in [5, 5.41) is 0. The Morgan fingerprint density at radius 2 is 1.96 bits per heavy atom. The van der Waals surface area contributed by atoms with Gasteiger partial charge in [0.05, 0.1) is 6.61 Å². The van der Waals surface area contributed by atoms with Crippen molar-refractivity contribution in [3.05, 3.63) is 53.6 Å². The van der Waals surface area contributed by atoms with Crippen LogP contribution in [0.25, 0.3) is 0 Å². The second kappa shape index (κ2) is 7.73. The predicted molar refractivity (Wildman–Crippen MR) is 88.3 cm³/mol. The van der Waals surface area contributed by atoms with Crippen LogP contribution in [0.3, 0.4) is 0 Å². The average molecular weight is 328 g/mol. The molecule has 2 aromatic rings. The molecule has 0 aliphatic carbocycles. The molecule has 5 heteroatoms. The van der Waals surface area contributed by atoms with Crippen LogP contribution in [-0.2, 0) is 22.6 Å². The van der Waals surface area contributed by atoms with Crippen molar-refractivity contribution < 1.29 is 23.7 Å². The third-order valence-electron chi connectivity index (χ3n) is 3.71. The van der Waals surface area contributed by atoms with Crippen molar-refractivity contribution in [1.29, 1.82) is 0 Å². The van der Waals surface area contributed by atoms with Gasteiger partial charge in [-0.3, -0.25) is 4.79 Å². The van der Waals surface area contributed by atoms with E-state index >= 15 is 0 Å². The summed E-state index contributed by atoms with van der Waals surface area (Å²) in [6.07, 6.45) is 0.908. The first kappa shape index (κ1) is 16.2. The Hall–Kier alpha value is -2.69. The van der Waals surface area contributed by atoms with Crippen LogP contribution < -0.4 is 14.2 Å². The Labute approximate surface area is 141 Å². The minimum absolute atomic E-state index is 0.225. The van der Waals surface area contributed by atoms with Crippen LogP contribution in [0.15, 0.2) is 42.5 Å². The van der Waals surface area contributed by atoms with Gasteiger partial charge in [-0.05, 0) is 42.7 Å². The van der Waals surface area contributed by atoms with Gasteiger partial charge in [-0.2, -0.15) is 0 Å². The second-order valence-corrected chi connectivity index (χ2v) is 5.39. The number of hydrogen-bond donors (Lipinski definition) is 0. The van der Waals surface area contributed by atoms with Gasteiger partial charge in [-0.1, -0.05) is 24.3 Å². The molecule has 0 fully saturated rings. The van der Waals surface area contributed by atoms with Gasteiger partial charge in [0, 0.05) is 6.42 Å². The molecule has 0 aromatic heterocycles. The lowest BCUT2D eigenvalue weighted by molar-refractivity contribution is -0.144. The smallest absolute Gasteiger partial charge is 0.306 e. The van der Waals surface area contributed by atoms with Crippen LogP contribution in [0.5, 0.6) is 17.2 Å². The molecule has 0 atom stereocenters. The second-order valence-electron chi connectivity index (χ2n) is 5.39.